The van der Waals surface area contributed by atoms with Crippen LogP contribution < -0.4 is 5.63 Å². The van der Waals surface area contributed by atoms with Crippen LogP contribution in [0.3, 0.4) is 0 Å². The number of aryl methyl sites for hydroxylation is 2. The summed E-state index contributed by atoms with van der Waals surface area (Å²) in [4.78, 5) is 12.1. The van der Waals surface area contributed by atoms with Crippen molar-refractivity contribution >= 4 is 11.0 Å². The van der Waals surface area contributed by atoms with Gasteiger partial charge in [0.25, 0.3) is 0 Å². The molecule has 2 aromatic carbocycles. The minimum absolute atomic E-state index is 0.366. The highest BCUT2D eigenvalue weighted by molar-refractivity contribution is 5.92. The Kier molecular flexibility index (Phi) is 4.21. The highest BCUT2D eigenvalue weighted by Gasteiger charge is 2.13. The van der Waals surface area contributed by atoms with Crippen LogP contribution in [0, 0.1) is 6.92 Å². The van der Waals surface area contributed by atoms with Crippen LogP contribution in [0.1, 0.15) is 24.5 Å². The van der Waals surface area contributed by atoms with Crippen molar-refractivity contribution in [2.24, 2.45) is 0 Å². The second-order valence-corrected chi connectivity index (χ2v) is 6.59. The van der Waals surface area contributed by atoms with Gasteiger partial charge < -0.3 is 8.83 Å². The maximum absolute atomic E-state index is 12.1. The Morgan fingerprint density at radius 1 is 0.846 bits per heavy atom. The molecule has 2 aromatic heterocycles. The van der Waals surface area contributed by atoms with E-state index in [4.69, 9.17) is 8.83 Å². The SMILES string of the molecule is CCCc1ccc2c(-c3ccc(-c4ccc(C)cc4)o3)cc(=O)oc2c1. The summed E-state index contributed by atoms with van der Waals surface area (Å²) < 4.78 is 11.5. The van der Waals surface area contributed by atoms with E-state index >= 15 is 0 Å². The lowest BCUT2D eigenvalue weighted by Crippen LogP contribution is -1.98. The summed E-state index contributed by atoms with van der Waals surface area (Å²) in [6.45, 7) is 4.19. The van der Waals surface area contributed by atoms with Crippen molar-refractivity contribution in [2.75, 3.05) is 0 Å². The number of furan rings is 1. The summed E-state index contributed by atoms with van der Waals surface area (Å²) in [5.41, 5.74) is 4.38. The van der Waals surface area contributed by atoms with Gasteiger partial charge in [-0.25, -0.2) is 4.79 Å². The Morgan fingerprint density at radius 2 is 1.62 bits per heavy atom. The van der Waals surface area contributed by atoms with Gasteiger partial charge in [-0.05, 0) is 37.1 Å². The van der Waals surface area contributed by atoms with Crippen LogP contribution in [0.15, 0.2) is 74.3 Å². The fraction of sp³-hybridized carbons (Fsp3) is 0.174. The molecule has 130 valence electrons. The second kappa shape index (κ2) is 6.68. The molecular formula is C23H20O3. The summed E-state index contributed by atoms with van der Waals surface area (Å²) in [5, 5.41) is 0.884. The van der Waals surface area contributed by atoms with Gasteiger partial charge in [-0.15, -0.1) is 0 Å². The third-order valence-corrected chi connectivity index (χ3v) is 4.56. The molecule has 3 heteroatoms. The molecule has 0 amide bonds. The van der Waals surface area contributed by atoms with E-state index < -0.39 is 0 Å². The van der Waals surface area contributed by atoms with Crippen molar-refractivity contribution in [1.29, 1.82) is 0 Å². The van der Waals surface area contributed by atoms with Gasteiger partial charge in [0.05, 0.1) is 0 Å². The van der Waals surface area contributed by atoms with Gasteiger partial charge in [-0.1, -0.05) is 55.3 Å². The molecule has 0 saturated heterocycles. The molecule has 2 heterocycles. The monoisotopic (exact) mass is 344 g/mol. The van der Waals surface area contributed by atoms with Crippen LogP contribution in [-0.4, -0.2) is 0 Å². The predicted molar refractivity (Wildman–Crippen MR) is 104 cm³/mol. The molecule has 0 N–H and O–H groups in total. The van der Waals surface area contributed by atoms with Crippen molar-refractivity contribution in [3.8, 4) is 22.6 Å². The molecule has 0 atom stereocenters. The number of hydrogen-bond donors (Lipinski definition) is 0. The summed E-state index contributed by atoms with van der Waals surface area (Å²) >= 11 is 0. The Balaban J connectivity index is 1.81. The maximum atomic E-state index is 12.1. The van der Waals surface area contributed by atoms with Gasteiger partial charge in [0.1, 0.15) is 17.1 Å². The summed E-state index contributed by atoms with van der Waals surface area (Å²) in [6, 6.07) is 19.6. The Morgan fingerprint density at radius 3 is 2.38 bits per heavy atom. The lowest BCUT2D eigenvalue weighted by molar-refractivity contribution is 0.558. The fourth-order valence-corrected chi connectivity index (χ4v) is 3.21. The minimum Gasteiger partial charge on any atom is -0.456 e. The van der Waals surface area contributed by atoms with E-state index in [1.165, 1.54) is 17.2 Å². The molecule has 0 fully saturated rings. The van der Waals surface area contributed by atoms with Gasteiger partial charge in [-0.3, -0.25) is 0 Å². The van der Waals surface area contributed by atoms with E-state index in [1.807, 2.05) is 36.4 Å². The molecule has 0 saturated carbocycles. The topological polar surface area (TPSA) is 43.4 Å². The summed E-state index contributed by atoms with van der Waals surface area (Å²) in [7, 11) is 0. The number of rotatable bonds is 4. The zero-order valence-electron chi connectivity index (χ0n) is 14.9. The molecule has 0 aliphatic rings. The first-order chi connectivity index (χ1) is 12.6. The number of benzene rings is 2. The molecule has 4 aromatic rings. The lowest BCUT2D eigenvalue weighted by atomic mass is 10.0. The minimum atomic E-state index is -0.366. The summed E-state index contributed by atoms with van der Waals surface area (Å²) in [5.74, 6) is 1.45. The van der Waals surface area contributed by atoms with Crippen LogP contribution in [0.2, 0.25) is 0 Å². The van der Waals surface area contributed by atoms with Crippen LogP contribution in [0.25, 0.3) is 33.6 Å². The third kappa shape index (κ3) is 3.08. The average Bonchev–Trinajstić information content (AvgIpc) is 3.11. The van der Waals surface area contributed by atoms with E-state index in [-0.39, 0.29) is 5.63 Å². The molecule has 3 nitrogen and oxygen atoms in total. The normalized spacial score (nSPS) is 11.2. The molecule has 0 radical (unpaired) electrons. The quantitative estimate of drug-likeness (QED) is 0.428. The zero-order valence-corrected chi connectivity index (χ0v) is 14.9. The van der Waals surface area contributed by atoms with Gasteiger partial charge in [0.15, 0.2) is 0 Å². The Bertz CT molecular complexity index is 1110. The van der Waals surface area contributed by atoms with Crippen LogP contribution in [-0.2, 0) is 6.42 Å². The molecule has 0 aliphatic heterocycles. The predicted octanol–water partition coefficient (Wildman–Crippen LogP) is 5.98. The van der Waals surface area contributed by atoms with E-state index in [2.05, 4.69) is 32.0 Å². The van der Waals surface area contributed by atoms with Gasteiger partial charge in [0.2, 0.25) is 0 Å². The van der Waals surface area contributed by atoms with Crippen molar-refractivity contribution in [1.82, 2.24) is 0 Å². The zero-order chi connectivity index (χ0) is 18.1. The van der Waals surface area contributed by atoms with Crippen molar-refractivity contribution in [2.45, 2.75) is 26.7 Å². The van der Waals surface area contributed by atoms with E-state index in [0.717, 1.165) is 35.1 Å². The van der Waals surface area contributed by atoms with E-state index in [9.17, 15) is 4.79 Å². The number of fused-ring (bicyclic) bond motifs is 1. The smallest absolute Gasteiger partial charge is 0.336 e. The first-order valence-corrected chi connectivity index (χ1v) is 8.88. The average molecular weight is 344 g/mol. The van der Waals surface area contributed by atoms with Crippen molar-refractivity contribution in [3.63, 3.8) is 0 Å². The Labute approximate surface area is 151 Å². The maximum Gasteiger partial charge on any atom is 0.336 e. The van der Waals surface area contributed by atoms with Gasteiger partial charge in [0, 0.05) is 22.6 Å². The van der Waals surface area contributed by atoms with Crippen LogP contribution in [0.4, 0.5) is 0 Å². The third-order valence-electron chi connectivity index (χ3n) is 4.56. The highest BCUT2D eigenvalue weighted by atomic mass is 16.4. The van der Waals surface area contributed by atoms with Crippen molar-refractivity contribution < 1.29 is 8.83 Å². The van der Waals surface area contributed by atoms with E-state index in [0.29, 0.717) is 11.3 Å². The van der Waals surface area contributed by atoms with Crippen LogP contribution in [0.5, 0.6) is 0 Å². The second-order valence-electron chi connectivity index (χ2n) is 6.59. The fourth-order valence-electron chi connectivity index (χ4n) is 3.21. The largest absolute Gasteiger partial charge is 0.456 e. The molecule has 0 bridgehead atoms. The standard InChI is InChI=1S/C23H20O3/c1-3-4-16-7-10-18-19(14-23(24)26-22(18)13-16)21-12-11-20(25-21)17-8-5-15(2)6-9-17/h5-14H,3-4H2,1-2H3. The first-order valence-electron chi connectivity index (χ1n) is 8.88. The molecule has 0 spiro atoms. The molecule has 0 aliphatic carbocycles. The van der Waals surface area contributed by atoms with Gasteiger partial charge >= 0.3 is 5.63 Å². The first kappa shape index (κ1) is 16.4. The van der Waals surface area contributed by atoms with E-state index in [1.54, 1.807) is 0 Å². The molecular weight excluding hydrogens is 324 g/mol. The van der Waals surface area contributed by atoms with Crippen molar-refractivity contribution in [3.05, 3.63) is 82.2 Å². The molecule has 0 unspecified atom stereocenters. The molecule has 26 heavy (non-hydrogen) atoms. The Hall–Kier alpha value is -3.07. The van der Waals surface area contributed by atoms with Gasteiger partial charge in [-0.2, -0.15) is 0 Å². The van der Waals surface area contributed by atoms with Crippen LogP contribution >= 0.6 is 0 Å². The summed E-state index contributed by atoms with van der Waals surface area (Å²) in [6.07, 6.45) is 2.01. The molecule has 4 rings (SSSR count). The lowest BCUT2D eigenvalue weighted by Gasteiger charge is -2.05. The highest BCUT2D eigenvalue weighted by Crippen LogP contribution is 2.32. The number of hydrogen-bond acceptors (Lipinski definition) is 3.